The van der Waals surface area contributed by atoms with Crippen LogP contribution >= 0.6 is 0 Å². The molecular weight excluding hydrogens is 306 g/mol. The highest BCUT2D eigenvalue weighted by Gasteiger charge is 2.57. The van der Waals surface area contributed by atoms with E-state index in [-0.39, 0.29) is 29.8 Å². The predicted molar refractivity (Wildman–Crippen MR) is 103 cm³/mol. The average Bonchev–Trinajstić information content (AvgIpc) is 2.62. The molecule has 0 saturated carbocycles. The Balaban J connectivity index is 2.13. The lowest BCUT2D eigenvalue weighted by Gasteiger charge is -2.55. The van der Waals surface area contributed by atoms with Gasteiger partial charge in [0.25, 0.3) is 0 Å². The second-order valence-corrected chi connectivity index (χ2v) is 8.14. The smallest absolute Gasteiger partial charge is 0.119 e. The summed E-state index contributed by atoms with van der Waals surface area (Å²) in [6, 6.07) is 22.0. The molecule has 25 heavy (non-hydrogen) atoms. The first kappa shape index (κ1) is 18.2. The highest BCUT2D eigenvalue weighted by atomic mass is 16.3. The molecular formula is C23H32NO+. The number of likely N-dealkylation sites (tertiary alicyclic amines) is 1. The van der Waals surface area contributed by atoms with Crippen LogP contribution in [0.5, 0.6) is 0 Å². The molecule has 2 nitrogen and oxygen atoms in total. The topological polar surface area (TPSA) is 24.7 Å². The number of hydrogen-bond acceptors (Lipinski definition) is 1. The fourth-order valence-electron chi connectivity index (χ4n) is 5.41. The van der Waals surface area contributed by atoms with Crippen LogP contribution in [0, 0.1) is 17.8 Å². The van der Waals surface area contributed by atoms with Crippen LogP contribution in [0.4, 0.5) is 0 Å². The second kappa shape index (κ2) is 6.93. The van der Waals surface area contributed by atoms with Crippen LogP contribution in [-0.2, 0) is 0 Å². The van der Waals surface area contributed by atoms with Crippen molar-refractivity contribution in [2.45, 2.75) is 45.4 Å². The van der Waals surface area contributed by atoms with Crippen molar-refractivity contribution in [1.29, 1.82) is 0 Å². The first-order valence-electron chi connectivity index (χ1n) is 9.54. The first-order chi connectivity index (χ1) is 11.9. The number of piperidine rings is 1. The van der Waals surface area contributed by atoms with E-state index < -0.39 is 5.60 Å². The predicted octanol–water partition coefficient (Wildman–Crippen LogP) is 3.66. The molecule has 1 fully saturated rings. The maximum Gasteiger partial charge on any atom is 0.119 e. The van der Waals surface area contributed by atoms with E-state index in [0.29, 0.717) is 0 Å². The minimum Gasteiger partial charge on any atom is -0.389 e. The van der Waals surface area contributed by atoms with E-state index in [1.807, 2.05) is 0 Å². The number of nitrogens with one attached hydrogen (secondary N) is 1. The van der Waals surface area contributed by atoms with E-state index in [1.165, 1.54) is 16.0 Å². The van der Waals surface area contributed by atoms with Crippen molar-refractivity contribution in [3.63, 3.8) is 0 Å². The number of hydrogen-bond donors (Lipinski definition) is 2. The Bertz CT molecular complexity index is 628. The van der Waals surface area contributed by atoms with Gasteiger partial charge in [-0.05, 0) is 5.92 Å². The minimum absolute atomic E-state index is 0.185. The molecule has 2 aromatic carbocycles. The van der Waals surface area contributed by atoms with Crippen LogP contribution in [0.3, 0.4) is 0 Å². The van der Waals surface area contributed by atoms with Crippen LogP contribution in [-0.4, -0.2) is 17.8 Å². The van der Waals surface area contributed by atoms with Gasteiger partial charge in [0.2, 0.25) is 0 Å². The van der Waals surface area contributed by atoms with Crippen LogP contribution in [0.1, 0.15) is 50.9 Å². The lowest BCUT2D eigenvalue weighted by molar-refractivity contribution is -0.962. The van der Waals surface area contributed by atoms with Gasteiger partial charge in [-0.25, -0.2) is 0 Å². The van der Waals surface area contributed by atoms with E-state index in [4.69, 9.17) is 0 Å². The fourth-order valence-corrected chi connectivity index (χ4v) is 5.41. The van der Waals surface area contributed by atoms with Gasteiger partial charge in [0.1, 0.15) is 12.1 Å². The fraction of sp³-hybridized carbons (Fsp3) is 0.478. The quantitative estimate of drug-likeness (QED) is 0.877. The molecule has 3 rings (SSSR count). The monoisotopic (exact) mass is 338 g/mol. The standard InChI is InChI=1S/C23H31NO/c1-16(2)23(25)17(3)21(19-12-8-6-9-13-19)24(5)22(18(23)4)20-14-10-7-11-15-20/h6-18,21-22,25H,1-5H3/p+1/t17-,18+,21-,22+,23?. The zero-order chi connectivity index (χ0) is 18.2. The summed E-state index contributed by atoms with van der Waals surface area (Å²) in [5, 5.41) is 11.9. The lowest BCUT2D eigenvalue weighted by Crippen LogP contribution is -3.13. The van der Waals surface area contributed by atoms with E-state index in [1.54, 1.807) is 0 Å². The Labute approximate surface area is 152 Å². The highest BCUT2D eigenvalue weighted by molar-refractivity contribution is 5.24. The van der Waals surface area contributed by atoms with Crippen molar-refractivity contribution in [1.82, 2.24) is 0 Å². The Morgan fingerprint density at radius 1 is 0.800 bits per heavy atom. The highest BCUT2D eigenvalue weighted by Crippen LogP contribution is 2.47. The molecule has 0 radical (unpaired) electrons. The van der Waals surface area contributed by atoms with Gasteiger partial charge in [0.15, 0.2) is 0 Å². The molecule has 1 aliphatic rings. The largest absolute Gasteiger partial charge is 0.389 e. The van der Waals surface area contributed by atoms with Crippen molar-refractivity contribution in [3.8, 4) is 0 Å². The molecule has 0 amide bonds. The van der Waals surface area contributed by atoms with Crippen LogP contribution in [0.15, 0.2) is 60.7 Å². The van der Waals surface area contributed by atoms with E-state index in [2.05, 4.69) is 95.4 Å². The maximum atomic E-state index is 11.9. The molecule has 6 atom stereocenters. The molecule has 2 heteroatoms. The zero-order valence-corrected chi connectivity index (χ0v) is 16.1. The number of benzene rings is 2. The third-order valence-electron chi connectivity index (χ3n) is 6.68. The van der Waals surface area contributed by atoms with Gasteiger partial charge in [0.05, 0.1) is 12.6 Å². The molecule has 1 aliphatic heterocycles. The Kier molecular flexibility index (Phi) is 5.04. The normalized spacial score (nSPS) is 35.7. The molecule has 2 N–H and O–H groups in total. The van der Waals surface area contributed by atoms with Crippen LogP contribution in [0.2, 0.25) is 0 Å². The molecule has 0 aliphatic carbocycles. The van der Waals surface area contributed by atoms with Crippen LogP contribution < -0.4 is 4.90 Å². The van der Waals surface area contributed by atoms with Crippen molar-refractivity contribution in [2.75, 3.05) is 7.05 Å². The molecule has 0 spiro atoms. The van der Waals surface area contributed by atoms with Gasteiger partial charge < -0.3 is 10.0 Å². The maximum absolute atomic E-state index is 11.9. The summed E-state index contributed by atoms with van der Waals surface area (Å²) in [7, 11) is 2.29. The molecule has 0 bridgehead atoms. The summed E-state index contributed by atoms with van der Waals surface area (Å²) in [6.07, 6.45) is 0. The van der Waals surface area contributed by atoms with Gasteiger partial charge in [0, 0.05) is 23.0 Å². The van der Waals surface area contributed by atoms with Gasteiger partial charge in [-0.3, -0.25) is 0 Å². The summed E-state index contributed by atoms with van der Waals surface area (Å²) >= 11 is 0. The summed E-state index contributed by atoms with van der Waals surface area (Å²) < 4.78 is 0. The molecule has 1 heterocycles. The Morgan fingerprint density at radius 3 is 1.48 bits per heavy atom. The Hall–Kier alpha value is -1.64. The van der Waals surface area contributed by atoms with E-state index >= 15 is 0 Å². The van der Waals surface area contributed by atoms with Crippen LogP contribution in [0.25, 0.3) is 0 Å². The van der Waals surface area contributed by atoms with Crippen molar-refractivity contribution < 1.29 is 10.0 Å². The van der Waals surface area contributed by atoms with Crippen molar-refractivity contribution >= 4 is 0 Å². The number of rotatable bonds is 3. The summed E-state index contributed by atoms with van der Waals surface area (Å²) in [5.74, 6) is 0.581. The van der Waals surface area contributed by atoms with Crippen molar-refractivity contribution in [3.05, 3.63) is 71.8 Å². The van der Waals surface area contributed by atoms with E-state index in [0.717, 1.165) is 0 Å². The van der Waals surface area contributed by atoms with Gasteiger partial charge in [-0.15, -0.1) is 0 Å². The lowest BCUT2D eigenvalue weighted by atomic mass is 9.61. The molecule has 2 aromatic rings. The number of quaternary nitrogens is 1. The summed E-state index contributed by atoms with van der Waals surface area (Å²) in [4.78, 5) is 1.47. The minimum atomic E-state index is -0.694. The third kappa shape index (κ3) is 2.92. The summed E-state index contributed by atoms with van der Waals surface area (Å²) in [5.41, 5.74) is 1.94. The van der Waals surface area contributed by atoms with Gasteiger partial charge >= 0.3 is 0 Å². The van der Waals surface area contributed by atoms with Gasteiger partial charge in [-0.2, -0.15) is 0 Å². The third-order valence-corrected chi connectivity index (χ3v) is 6.68. The second-order valence-electron chi connectivity index (χ2n) is 8.14. The summed E-state index contributed by atoms with van der Waals surface area (Å²) in [6.45, 7) is 8.80. The van der Waals surface area contributed by atoms with Crippen molar-refractivity contribution in [2.24, 2.45) is 17.8 Å². The first-order valence-corrected chi connectivity index (χ1v) is 9.54. The molecule has 2 unspecified atom stereocenters. The average molecular weight is 339 g/mol. The zero-order valence-electron chi connectivity index (χ0n) is 16.1. The van der Waals surface area contributed by atoms with E-state index in [9.17, 15) is 5.11 Å². The SMILES string of the molecule is CC(C)C1(O)[C@H](C)[C@H](c2ccccc2)[NH+](C)[C@H](c2ccccc2)[C@@H]1C. The number of aliphatic hydroxyl groups is 1. The molecule has 0 aromatic heterocycles. The molecule has 134 valence electrons. The van der Waals surface area contributed by atoms with Gasteiger partial charge in [-0.1, -0.05) is 88.4 Å². The Morgan fingerprint density at radius 2 is 1.16 bits per heavy atom. The molecule has 1 saturated heterocycles.